The molecular weight excluding hydrogens is 637 g/mol. The minimum Gasteiger partial charge on any atom is -0.310 e. The van der Waals surface area contributed by atoms with Gasteiger partial charge in [0, 0.05) is 49.1 Å². The molecule has 0 radical (unpaired) electrons. The van der Waals surface area contributed by atoms with Gasteiger partial charge in [-0.25, -0.2) is 0 Å². The molecule has 10 rings (SSSR count). The van der Waals surface area contributed by atoms with Crippen molar-refractivity contribution in [3.05, 3.63) is 180 Å². The molecule has 51 heavy (non-hydrogen) atoms. The van der Waals surface area contributed by atoms with Gasteiger partial charge < -0.3 is 9.80 Å². The van der Waals surface area contributed by atoms with E-state index in [2.05, 4.69) is 195 Å². The zero-order valence-corrected chi connectivity index (χ0v) is 30.1. The Morgan fingerprint density at radius 1 is 0.471 bits per heavy atom. The van der Waals surface area contributed by atoms with Crippen LogP contribution in [0.25, 0.3) is 31.3 Å². The highest BCUT2D eigenvalue weighted by Crippen LogP contribution is 2.57. The van der Waals surface area contributed by atoms with E-state index in [1.165, 1.54) is 76.3 Å². The molecule has 0 N–H and O–H groups in total. The van der Waals surface area contributed by atoms with Crippen molar-refractivity contribution < 1.29 is 0 Å². The number of hydrogen-bond acceptors (Lipinski definition) is 3. The minimum absolute atomic E-state index is 0.0834. The van der Waals surface area contributed by atoms with Crippen LogP contribution in [0.3, 0.4) is 0 Å². The normalized spacial score (nSPS) is 14.9. The molecule has 2 aliphatic rings. The lowest BCUT2D eigenvalue weighted by molar-refractivity contribution is 0.633. The second-order valence-corrected chi connectivity index (χ2v) is 16.1. The van der Waals surface area contributed by atoms with E-state index in [0.29, 0.717) is 0 Å². The summed E-state index contributed by atoms with van der Waals surface area (Å²) in [7, 11) is 0. The van der Waals surface area contributed by atoms with Crippen LogP contribution in [-0.4, -0.2) is 0 Å². The predicted octanol–water partition coefficient (Wildman–Crippen LogP) is 13.9. The summed E-state index contributed by atoms with van der Waals surface area (Å²) >= 11 is 1.91. The monoisotopic (exact) mass is 674 g/mol. The van der Waals surface area contributed by atoms with Crippen LogP contribution >= 0.6 is 11.3 Å². The third-order valence-corrected chi connectivity index (χ3v) is 12.6. The zero-order chi connectivity index (χ0) is 34.5. The first-order valence-corrected chi connectivity index (χ1v) is 18.7. The highest BCUT2D eigenvalue weighted by atomic mass is 32.1. The fourth-order valence-corrected chi connectivity index (χ4v) is 10.1. The van der Waals surface area contributed by atoms with E-state index in [9.17, 15) is 0 Å². The molecule has 0 amide bonds. The molecule has 0 atom stereocenters. The summed E-state index contributed by atoms with van der Waals surface area (Å²) < 4.78 is 2.67. The topological polar surface area (TPSA) is 6.48 Å². The third-order valence-electron chi connectivity index (χ3n) is 11.4. The molecule has 7 aromatic carbocycles. The first kappa shape index (κ1) is 30.2. The van der Waals surface area contributed by atoms with Gasteiger partial charge in [-0.05, 0) is 94.0 Å². The summed E-state index contributed by atoms with van der Waals surface area (Å²) in [4.78, 5) is 4.95. The number of anilines is 6. The number of fused-ring (bicyclic) bond motifs is 9. The highest BCUT2D eigenvalue weighted by molar-refractivity contribution is 7.26. The van der Waals surface area contributed by atoms with E-state index < -0.39 is 0 Å². The van der Waals surface area contributed by atoms with Crippen LogP contribution in [0.5, 0.6) is 0 Å². The Kier molecular flexibility index (Phi) is 6.47. The van der Waals surface area contributed by atoms with Gasteiger partial charge in [0.15, 0.2) is 0 Å². The lowest BCUT2D eigenvalue weighted by atomic mass is 9.73. The van der Waals surface area contributed by atoms with Crippen molar-refractivity contribution in [2.45, 2.75) is 38.5 Å². The van der Waals surface area contributed by atoms with Crippen LogP contribution in [-0.2, 0) is 10.8 Å². The maximum absolute atomic E-state index is 2.51. The van der Waals surface area contributed by atoms with Crippen molar-refractivity contribution in [1.29, 1.82) is 0 Å². The van der Waals surface area contributed by atoms with Gasteiger partial charge in [-0.1, -0.05) is 125 Å². The Morgan fingerprint density at radius 3 is 1.90 bits per heavy atom. The van der Waals surface area contributed by atoms with Gasteiger partial charge in [-0.2, -0.15) is 0 Å². The third kappa shape index (κ3) is 4.34. The lowest BCUT2D eigenvalue weighted by Gasteiger charge is -2.43. The number of para-hydroxylation sites is 2. The number of benzene rings is 7. The largest absolute Gasteiger partial charge is 0.310 e. The second kappa shape index (κ2) is 10.9. The SMILES string of the molecule is CC1(C)c2ccccc2-c2ccc(N(c3ccccc3)c3ccc4c(c3)C(C)(C)c3ccc5c(sc6ccccc65)c3N4c3ccccc3)cc21. The molecule has 1 aromatic heterocycles. The lowest BCUT2D eigenvalue weighted by Crippen LogP contribution is -2.31. The van der Waals surface area contributed by atoms with Crippen molar-refractivity contribution in [1.82, 2.24) is 0 Å². The quantitative estimate of drug-likeness (QED) is 0.183. The van der Waals surface area contributed by atoms with Gasteiger partial charge in [0.2, 0.25) is 0 Å². The maximum atomic E-state index is 2.51. The Morgan fingerprint density at radius 2 is 1.10 bits per heavy atom. The summed E-state index contributed by atoms with van der Waals surface area (Å²) in [5.74, 6) is 0. The molecule has 0 saturated heterocycles. The van der Waals surface area contributed by atoms with Crippen LogP contribution in [0, 0.1) is 0 Å². The first-order chi connectivity index (χ1) is 24.8. The van der Waals surface area contributed by atoms with Crippen molar-refractivity contribution in [3.8, 4) is 11.1 Å². The molecule has 8 aromatic rings. The number of rotatable bonds is 4. The Hall–Kier alpha value is -5.64. The van der Waals surface area contributed by atoms with Gasteiger partial charge in [-0.15, -0.1) is 11.3 Å². The van der Waals surface area contributed by atoms with Crippen LogP contribution < -0.4 is 9.80 Å². The molecular formula is C48H38N2S. The molecule has 2 heterocycles. The first-order valence-electron chi connectivity index (χ1n) is 17.9. The van der Waals surface area contributed by atoms with Gasteiger partial charge in [0.25, 0.3) is 0 Å². The van der Waals surface area contributed by atoms with Crippen molar-refractivity contribution in [2.75, 3.05) is 9.80 Å². The summed E-state index contributed by atoms with van der Waals surface area (Å²) in [6.45, 7) is 9.52. The average Bonchev–Trinajstić information content (AvgIpc) is 3.65. The van der Waals surface area contributed by atoms with Gasteiger partial charge >= 0.3 is 0 Å². The molecule has 0 unspecified atom stereocenters. The van der Waals surface area contributed by atoms with E-state index in [1.54, 1.807) is 0 Å². The van der Waals surface area contributed by atoms with E-state index in [-0.39, 0.29) is 10.8 Å². The van der Waals surface area contributed by atoms with E-state index in [1.807, 2.05) is 11.3 Å². The van der Waals surface area contributed by atoms with Gasteiger partial charge in [0.1, 0.15) is 0 Å². The van der Waals surface area contributed by atoms with Crippen molar-refractivity contribution >= 4 is 65.6 Å². The molecule has 2 nitrogen and oxygen atoms in total. The average molecular weight is 675 g/mol. The molecule has 0 fully saturated rings. The minimum atomic E-state index is -0.250. The molecule has 0 bridgehead atoms. The fourth-order valence-electron chi connectivity index (χ4n) is 8.83. The number of nitrogens with zero attached hydrogens (tertiary/aromatic N) is 2. The molecule has 1 aliphatic heterocycles. The Balaban J connectivity index is 1.19. The van der Waals surface area contributed by atoms with Crippen molar-refractivity contribution in [3.63, 3.8) is 0 Å². The predicted molar refractivity (Wildman–Crippen MR) is 218 cm³/mol. The van der Waals surface area contributed by atoms with Crippen LogP contribution in [0.2, 0.25) is 0 Å². The van der Waals surface area contributed by atoms with Crippen LogP contribution in [0.4, 0.5) is 34.1 Å². The summed E-state index contributed by atoms with van der Waals surface area (Å²) in [6, 6.07) is 58.4. The zero-order valence-electron chi connectivity index (χ0n) is 29.3. The molecule has 246 valence electrons. The summed E-state index contributed by atoms with van der Waals surface area (Å²) in [5, 5.41) is 2.65. The van der Waals surface area contributed by atoms with E-state index in [4.69, 9.17) is 0 Å². The molecule has 1 aliphatic carbocycles. The Labute approximate surface area is 303 Å². The van der Waals surface area contributed by atoms with Crippen molar-refractivity contribution in [2.24, 2.45) is 0 Å². The van der Waals surface area contributed by atoms with E-state index in [0.717, 1.165) is 11.4 Å². The van der Waals surface area contributed by atoms with Gasteiger partial charge in [0.05, 0.1) is 16.1 Å². The highest BCUT2D eigenvalue weighted by Gasteiger charge is 2.40. The Bertz CT molecular complexity index is 2650. The summed E-state index contributed by atoms with van der Waals surface area (Å²) in [6.07, 6.45) is 0. The molecule has 0 saturated carbocycles. The van der Waals surface area contributed by atoms with E-state index >= 15 is 0 Å². The number of hydrogen-bond donors (Lipinski definition) is 0. The van der Waals surface area contributed by atoms with Crippen LogP contribution in [0.15, 0.2) is 158 Å². The molecule has 3 heteroatoms. The second-order valence-electron chi connectivity index (χ2n) is 15.0. The fraction of sp³-hybridized carbons (Fsp3) is 0.125. The number of thiophene rings is 1. The summed E-state index contributed by atoms with van der Waals surface area (Å²) in [5.41, 5.74) is 14.9. The van der Waals surface area contributed by atoms with Gasteiger partial charge in [-0.3, -0.25) is 0 Å². The standard InChI is InChI=1S/C48H38N2S/c1-47(2)39-21-13-11-19-35(39)36-25-23-33(29-41(36)47)49(31-15-7-5-8-16-31)34-24-28-43-42(30-34)48(3,4)40-27-26-38-37-20-12-14-22-44(37)51-46(38)45(40)50(43)32-17-9-6-10-18-32/h5-30H,1-4H3. The van der Waals surface area contributed by atoms with Crippen LogP contribution in [0.1, 0.15) is 49.9 Å². The smallest absolute Gasteiger partial charge is 0.0681 e. The maximum Gasteiger partial charge on any atom is 0.0681 e. The molecule has 0 spiro atoms.